The van der Waals surface area contributed by atoms with E-state index in [2.05, 4.69) is 12.1 Å². The van der Waals surface area contributed by atoms with Crippen LogP contribution in [0.25, 0.3) is 11.1 Å². The van der Waals surface area contributed by atoms with Crippen LogP contribution in [-0.4, -0.2) is 47.4 Å². The van der Waals surface area contributed by atoms with Gasteiger partial charge in [0.05, 0.1) is 6.54 Å². The van der Waals surface area contributed by atoms with Gasteiger partial charge in [-0.2, -0.15) is 0 Å². The van der Waals surface area contributed by atoms with Crippen molar-refractivity contribution in [3.63, 3.8) is 0 Å². The smallest absolute Gasteiger partial charge is 0.410 e. The van der Waals surface area contributed by atoms with Crippen molar-refractivity contribution in [2.45, 2.75) is 24.5 Å². The number of para-hydroxylation sites is 1. The first-order chi connectivity index (χ1) is 15.6. The summed E-state index contributed by atoms with van der Waals surface area (Å²) in [4.78, 5) is 26.0. The molecule has 6 heteroatoms. The van der Waals surface area contributed by atoms with Gasteiger partial charge in [0.25, 0.3) is 0 Å². The minimum atomic E-state index is -1.06. The highest BCUT2D eigenvalue weighted by Crippen LogP contribution is 2.44. The van der Waals surface area contributed by atoms with Crippen LogP contribution in [0.4, 0.5) is 4.79 Å². The Balaban J connectivity index is 1.30. The third-order valence-electron chi connectivity index (χ3n) is 6.16. The van der Waals surface area contributed by atoms with Gasteiger partial charge in [-0.1, -0.05) is 66.7 Å². The highest BCUT2D eigenvalue weighted by atomic mass is 16.6. The molecule has 1 saturated heterocycles. The minimum absolute atomic E-state index is 0.0754. The second kappa shape index (κ2) is 8.38. The van der Waals surface area contributed by atoms with Gasteiger partial charge in [0, 0.05) is 12.3 Å². The number of carboxylic acids is 1. The Morgan fingerprint density at radius 3 is 2.09 bits per heavy atom. The van der Waals surface area contributed by atoms with Gasteiger partial charge in [-0.25, -0.2) is 9.59 Å². The van der Waals surface area contributed by atoms with E-state index in [-0.39, 0.29) is 25.5 Å². The first-order valence-corrected chi connectivity index (χ1v) is 10.7. The summed E-state index contributed by atoms with van der Waals surface area (Å²) >= 11 is 0. The van der Waals surface area contributed by atoms with E-state index >= 15 is 0 Å². The molecule has 5 rings (SSSR count). The molecule has 2 aliphatic rings. The minimum Gasteiger partial charge on any atom is -0.488 e. The zero-order valence-corrected chi connectivity index (χ0v) is 17.4. The van der Waals surface area contributed by atoms with Crippen molar-refractivity contribution >= 4 is 12.1 Å². The SMILES string of the molecule is O=C(O)[C@@H]1C[C@H](Oc2ccccc2)CN1C(=O)OCC1c2ccccc2-c2ccccc21. The molecule has 1 aliphatic heterocycles. The van der Waals surface area contributed by atoms with Crippen LogP contribution in [0.2, 0.25) is 0 Å². The maximum Gasteiger partial charge on any atom is 0.410 e. The van der Waals surface area contributed by atoms with E-state index in [4.69, 9.17) is 9.47 Å². The topological polar surface area (TPSA) is 76.1 Å². The normalized spacial score (nSPS) is 19.3. The number of rotatable bonds is 5. The molecule has 1 N–H and O–H groups in total. The maximum atomic E-state index is 12.9. The summed E-state index contributed by atoms with van der Waals surface area (Å²) in [5, 5.41) is 9.65. The van der Waals surface area contributed by atoms with Crippen LogP contribution in [0, 0.1) is 0 Å². The fraction of sp³-hybridized carbons (Fsp3) is 0.231. The monoisotopic (exact) mass is 429 g/mol. The number of likely N-dealkylation sites (tertiary alicyclic amines) is 1. The molecular formula is C26H23NO5. The summed E-state index contributed by atoms with van der Waals surface area (Å²) in [5.41, 5.74) is 4.51. The Hall–Kier alpha value is -3.80. The summed E-state index contributed by atoms with van der Waals surface area (Å²) in [7, 11) is 0. The van der Waals surface area contributed by atoms with Crippen molar-refractivity contribution in [1.29, 1.82) is 0 Å². The number of hydrogen-bond donors (Lipinski definition) is 1. The van der Waals surface area contributed by atoms with Crippen LogP contribution >= 0.6 is 0 Å². The number of amides is 1. The van der Waals surface area contributed by atoms with E-state index in [1.165, 1.54) is 4.90 Å². The molecule has 2 atom stereocenters. The molecule has 0 unspecified atom stereocenters. The standard InChI is InChI=1S/C26H23NO5/c28-25(29)24-14-18(32-17-8-2-1-3-9-17)15-27(24)26(30)31-16-23-21-12-6-4-10-19(21)20-11-5-7-13-22(20)23/h1-13,18,23-24H,14-16H2,(H,28,29)/t18-,24-/m0/s1. The number of carbonyl (C=O) groups excluding carboxylic acids is 1. The number of aliphatic carboxylic acids is 1. The number of nitrogens with zero attached hydrogens (tertiary/aromatic N) is 1. The van der Waals surface area contributed by atoms with Crippen LogP contribution < -0.4 is 4.74 Å². The fourth-order valence-corrected chi connectivity index (χ4v) is 4.69. The molecule has 1 fully saturated rings. The number of carboxylic acid groups (broad SMARTS) is 1. The van der Waals surface area contributed by atoms with Crippen molar-refractivity contribution in [2.24, 2.45) is 0 Å². The predicted octanol–water partition coefficient (Wildman–Crippen LogP) is 4.54. The fourth-order valence-electron chi connectivity index (χ4n) is 4.69. The lowest BCUT2D eigenvalue weighted by molar-refractivity contribution is -0.141. The van der Waals surface area contributed by atoms with Gasteiger partial charge in [-0.15, -0.1) is 0 Å². The van der Waals surface area contributed by atoms with Crippen molar-refractivity contribution in [3.8, 4) is 16.9 Å². The number of carbonyl (C=O) groups is 2. The van der Waals surface area contributed by atoms with Gasteiger partial charge < -0.3 is 14.6 Å². The molecule has 0 saturated carbocycles. The predicted molar refractivity (Wildman–Crippen MR) is 119 cm³/mol. The zero-order valence-electron chi connectivity index (χ0n) is 17.4. The van der Waals surface area contributed by atoms with Crippen LogP contribution in [0.15, 0.2) is 78.9 Å². The lowest BCUT2D eigenvalue weighted by Crippen LogP contribution is -2.41. The summed E-state index contributed by atoms with van der Waals surface area (Å²) < 4.78 is 11.6. The van der Waals surface area contributed by atoms with Gasteiger partial charge in [0.15, 0.2) is 0 Å². The molecule has 0 spiro atoms. The molecule has 1 heterocycles. The second-order valence-corrected chi connectivity index (χ2v) is 8.10. The molecule has 1 aliphatic carbocycles. The number of ether oxygens (including phenoxy) is 2. The van der Waals surface area contributed by atoms with Gasteiger partial charge in [-0.3, -0.25) is 4.90 Å². The zero-order chi connectivity index (χ0) is 22.1. The third kappa shape index (κ3) is 3.68. The Morgan fingerprint density at radius 1 is 0.875 bits per heavy atom. The van der Waals surface area contributed by atoms with Crippen molar-refractivity contribution in [2.75, 3.05) is 13.2 Å². The molecule has 3 aromatic rings. The summed E-state index contributed by atoms with van der Waals surface area (Å²) in [5.74, 6) is -0.484. The van der Waals surface area contributed by atoms with Crippen LogP contribution in [0.3, 0.4) is 0 Å². The van der Waals surface area contributed by atoms with E-state index in [0.717, 1.165) is 22.3 Å². The van der Waals surface area contributed by atoms with E-state index in [0.29, 0.717) is 5.75 Å². The van der Waals surface area contributed by atoms with Gasteiger partial charge in [-0.05, 0) is 34.4 Å². The van der Waals surface area contributed by atoms with Crippen LogP contribution in [0.5, 0.6) is 5.75 Å². The Morgan fingerprint density at radius 2 is 1.47 bits per heavy atom. The number of fused-ring (bicyclic) bond motifs is 3. The van der Waals surface area contributed by atoms with Crippen LogP contribution in [0.1, 0.15) is 23.5 Å². The van der Waals surface area contributed by atoms with Gasteiger partial charge in [0.1, 0.15) is 24.5 Å². The largest absolute Gasteiger partial charge is 0.488 e. The van der Waals surface area contributed by atoms with Crippen LogP contribution in [-0.2, 0) is 9.53 Å². The lowest BCUT2D eigenvalue weighted by atomic mass is 9.98. The van der Waals surface area contributed by atoms with Crippen molar-refractivity contribution in [1.82, 2.24) is 4.90 Å². The molecule has 1 amide bonds. The lowest BCUT2D eigenvalue weighted by Gasteiger charge is -2.22. The molecule has 162 valence electrons. The Kier molecular flexibility index (Phi) is 5.27. The summed E-state index contributed by atoms with van der Waals surface area (Å²) in [6.45, 7) is 0.322. The molecule has 3 aromatic carbocycles. The molecule has 0 radical (unpaired) electrons. The van der Waals surface area contributed by atoms with Gasteiger partial charge >= 0.3 is 12.1 Å². The Bertz CT molecular complexity index is 1100. The highest BCUT2D eigenvalue weighted by Gasteiger charge is 2.42. The summed E-state index contributed by atoms with van der Waals surface area (Å²) in [6, 6.07) is 24.4. The molecule has 32 heavy (non-hydrogen) atoms. The Labute approximate surface area is 186 Å². The number of hydrogen-bond acceptors (Lipinski definition) is 4. The average molecular weight is 429 g/mol. The molecule has 6 nitrogen and oxygen atoms in total. The van der Waals surface area contributed by atoms with E-state index in [9.17, 15) is 14.7 Å². The van der Waals surface area contributed by atoms with Crippen molar-refractivity contribution in [3.05, 3.63) is 90.0 Å². The quantitative estimate of drug-likeness (QED) is 0.644. The molecular weight excluding hydrogens is 406 g/mol. The molecule has 0 aromatic heterocycles. The number of benzene rings is 3. The average Bonchev–Trinajstić information content (AvgIpc) is 3.38. The van der Waals surface area contributed by atoms with E-state index in [1.807, 2.05) is 66.7 Å². The maximum absolute atomic E-state index is 12.9. The second-order valence-electron chi connectivity index (χ2n) is 8.10. The van der Waals surface area contributed by atoms with E-state index in [1.54, 1.807) is 0 Å². The first kappa shape index (κ1) is 20.1. The van der Waals surface area contributed by atoms with E-state index < -0.39 is 24.2 Å². The van der Waals surface area contributed by atoms with Gasteiger partial charge in [0.2, 0.25) is 0 Å². The first-order valence-electron chi connectivity index (χ1n) is 10.7. The van der Waals surface area contributed by atoms with Crippen molar-refractivity contribution < 1.29 is 24.2 Å². The highest BCUT2D eigenvalue weighted by molar-refractivity contribution is 5.81. The summed E-state index contributed by atoms with van der Waals surface area (Å²) in [6.07, 6.45) is -0.813. The third-order valence-corrected chi connectivity index (χ3v) is 6.16. The molecule has 0 bridgehead atoms.